The third-order valence-electron chi connectivity index (χ3n) is 6.29. The van der Waals surface area contributed by atoms with Gasteiger partial charge in [-0.05, 0) is 63.5 Å². The molecule has 3 N–H and O–H groups in total. The fourth-order valence-electron chi connectivity index (χ4n) is 4.36. The molecule has 2 aromatic heterocycles. The predicted molar refractivity (Wildman–Crippen MR) is 128 cm³/mol. The molecule has 1 unspecified atom stereocenters. The number of rotatable bonds is 10. The molecule has 32 heavy (non-hydrogen) atoms. The number of hydrogen-bond acceptors (Lipinski definition) is 6. The molecule has 2 aliphatic carbocycles. The van der Waals surface area contributed by atoms with Gasteiger partial charge in [-0.3, -0.25) is 0 Å². The Balaban J connectivity index is 1.39. The maximum Gasteiger partial charge on any atom is 0.149 e. The second kappa shape index (κ2) is 10.8. The molecule has 0 bridgehead atoms. The summed E-state index contributed by atoms with van der Waals surface area (Å²) in [4.78, 5) is 8.54. The van der Waals surface area contributed by atoms with Crippen LogP contribution in [-0.4, -0.2) is 48.4 Å². The molecule has 174 valence electrons. The SMILES string of the molecule is COCC(C)NC1CCC(Nc2cc(-c3cc(NCC4CC4)cnc3Cl)c(F)cn2)CC1. The number of nitrogens with zero attached hydrogens (tertiary/aromatic N) is 2. The summed E-state index contributed by atoms with van der Waals surface area (Å²) in [7, 11) is 1.73. The van der Waals surface area contributed by atoms with Gasteiger partial charge in [0.15, 0.2) is 0 Å². The smallest absolute Gasteiger partial charge is 0.149 e. The fraction of sp³-hybridized carbons (Fsp3) is 0.583. The number of nitrogens with one attached hydrogen (secondary N) is 3. The van der Waals surface area contributed by atoms with E-state index in [1.54, 1.807) is 19.4 Å². The van der Waals surface area contributed by atoms with Crippen molar-refractivity contribution in [1.82, 2.24) is 15.3 Å². The van der Waals surface area contributed by atoms with Crippen LogP contribution >= 0.6 is 11.6 Å². The van der Waals surface area contributed by atoms with E-state index in [1.807, 2.05) is 6.07 Å². The van der Waals surface area contributed by atoms with Gasteiger partial charge < -0.3 is 20.7 Å². The van der Waals surface area contributed by atoms with Crippen LogP contribution in [0, 0.1) is 11.7 Å². The maximum atomic E-state index is 14.7. The third-order valence-corrected chi connectivity index (χ3v) is 6.59. The van der Waals surface area contributed by atoms with E-state index in [9.17, 15) is 4.39 Å². The van der Waals surface area contributed by atoms with Crippen molar-refractivity contribution >= 4 is 23.1 Å². The molecule has 0 saturated heterocycles. The van der Waals surface area contributed by atoms with Gasteiger partial charge in [0, 0.05) is 42.9 Å². The Hall–Kier alpha value is -1.96. The average molecular weight is 462 g/mol. The first-order valence-electron chi connectivity index (χ1n) is 11.6. The van der Waals surface area contributed by atoms with Gasteiger partial charge in [0.2, 0.25) is 0 Å². The Kier molecular flexibility index (Phi) is 7.81. The summed E-state index contributed by atoms with van der Waals surface area (Å²) in [6.45, 7) is 3.78. The minimum absolute atomic E-state index is 0.287. The summed E-state index contributed by atoms with van der Waals surface area (Å²) in [6.07, 6.45) is 9.74. The zero-order valence-corrected chi connectivity index (χ0v) is 19.6. The molecule has 0 amide bonds. The molecular formula is C24H33ClFN5O. The summed E-state index contributed by atoms with van der Waals surface area (Å²) >= 11 is 6.34. The van der Waals surface area contributed by atoms with Crippen molar-refractivity contribution in [3.63, 3.8) is 0 Å². The zero-order chi connectivity index (χ0) is 22.5. The number of pyridine rings is 2. The van der Waals surface area contributed by atoms with Crippen LogP contribution in [0.2, 0.25) is 5.15 Å². The van der Waals surface area contributed by atoms with Gasteiger partial charge in [0.1, 0.15) is 16.8 Å². The molecule has 6 nitrogen and oxygen atoms in total. The van der Waals surface area contributed by atoms with E-state index in [1.165, 1.54) is 19.0 Å². The summed E-state index contributed by atoms with van der Waals surface area (Å²) < 4.78 is 19.9. The third kappa shape index (κ3) is 6.30. The largest absolute Gasteiger partial charge is 0.384 e. The standard InChI is InChI=1S/C24H33ClFN5O/c1-15(14-32-2)30-17-5-7-18(8-6-17)31-23-10-20(22(26)13-28-23)21-9-19(12-29-24(21)25)27-11-16-3-4-16/h9-10,12-13,15-18,27,30H,3-8,11,14H2,1-2H3,(H,28,31). The van der Waals surface area contributed by atoms with Gasteiger partial charge >= 0.3 is 0 Å². The van der Waals surface area contributed by atoms with Crippen LogP contribution in [-0.2, 0) is 4.74 Å². The number of aromatic nitrogens is 2. The van der Waals surface area contributed by atoms with Gasteiger partial charge in [0.05, 0.1) is 24.7 Å². The van der Waals surface area contributed by atoms with E-state index in [2.05, 4.69) is 32.8 Å². The quantitative estimate of drug-likeness (QED) is 0.427. The van der Waals surface area contributed by atoms with Crippen LogP contribution in [0.3, 0.4) is 0 Å². The molecule has 2 aliphatic rings. The molecule has 4 rings (SSSR count). The first kappa shape index (κ1) is 23.2. The van der Waals surface area contributed by atoms with Gasteiger partial charge in [0.25, 0.3) is 0 Å². The van der Waals surface area contributed by atoms with E-state index in [0.29, 0.717) is 35.1 Å². The highest BCUT2D eigenvalue weighted by Crippen LogP contribution is 2.34. The molecule has 0 aromatic carbocycles. The lowest BCUT2D eigenvalue weighted by atomic mass is 9.90. The van der Waals surface area contributed by atoms with Crippen LogP contribution in [0.15, 0.2) is 24.5 Å². The molecule has 0 aliphatic heterocycles. The van der Waals surface area contributed by atoms with Gasteiger partial charge in [-0.1, -0.05) is 11.6 Å². The maximum absolute atomic E-state index is 14.7. The highest BCUT2D eigenvalue weighted by Gasteiger charge is 2.23. The normalized spacial score (nSPS) is 21.9. The Morgan fingerprint density at radius 1 is 1.06 bits per heavy atom. The second-order valence-corrected chi connectivity index (χ2v) is 9.51. The molecular weight excluding hydrogens is 429 g/mol. The number of anilines is 2. The van der Waals surface area contributed by atoms with Gasteiger partial charge in [-0.25, -0.2) is 14.4 Å². The Morgan fingerprint density at radius 3 is 2.53 bits per heavy atom. The highest BCUT2D eigenvalue weighted by molar-refractivity contribution is 6.32. The molecule has 0 radical (unpaired) electrons. The van der Waals surface area contributed by atoms with Gasteiger partial charge in [-0.15, -0.1) is 0 Å². The van der Waals surface area contributed by atoms with E-state index >= 15 is 0 Å². The van der Waals surface area contributed by atoms with Crippen LogP contribution in [0.1, 0.15) is 45.4 Å². The Bertz CT molecular complexity index is 902. The second-order valence-electron chi connectivity index (χ2n) is 9.15. The highest BCUT2D eigenvalue weighted by atomic mass is 35.5. The minimum Gasteiger partial charge on any atom is -0.384 e. The zero-order valence-electron chi connectivity index (χ0n) is 18.8. The number of ether oxygens (including phenoxy) is 1. The lowest BCUT2D eigenvalue weighted by molar-refractivity contribution is 0.161. The van der Waals surface area contributed by atoms with E-state index < -0.39 is 5.82 Å². The van der Waals surface area contributed by atoms with E-state index in [0.717, 1.165) is 50.4 Å². The number of methoxy groups -OCH3 is 1. The van der Waals surface area contributed by atoms with Crippen LogP contribution in [0.25, 0.3) is 11.1 Å². The molecule has 8 heteroatoms. The minimum atomic E-state index is -0.404. The van der Waals surface area contributed by atoms with Crippen LogP contribution in [0.4, 0.5) is 15.9 Å². The molecule has 2 fully saturated rings. The summed E-state index contributed by atoms with van der Waals surface area (Å²) in [6, 6.07) is 4.79. The van der Waals surface area contributed by atoms with E-state index in [4.69, 9.17) is 16.3 Å². The molecule has 2 heterocycles. The summed E-state index contributed by atoms with van der Waals surface area (Å²) in [5.41, 5.74) is 1.85. The monoisotopic (exact) mass is 461 g/mol. The fourth-order valence-corrected chi connectivity index (χ4v) is 4.56. The number of hydrogen-bond donors (Lipinski definition) is 3. The Labute approximate surface area is 194 Å². The molecule has 2 saturated carbocycles. The first-order chi connectivity index (χ1) is 15.5. The van der Waals surface area contributed by atoms with Crippen LogP contribution < -0.4 is 16.0 Å². The lowest BCUT2D eigenvalue weighted by Crippen LogP contribution is -2.42. The topological polar surface area (TPSA) is 71.1 Å². The summed E-state index contributed by atoms with van der Waals surface area (Å²) in [5, 5.41) is 10.8. The van der Waals surface area contributed by atoms with Crippen molar-refractivity contribution in [2.45, 2.75) is 63.6 Å². The van der Waals surface area contributed by atoms with Crippen molar-refractivity contribution < 1.29 is 9.13 Å². The van der Waals surface area contributed by atoms with Crippen molar-refractivity contribution in [2.75, 3.05) is 30.9 Å². The van der Waals surface area contributed by atoms with Crippen molar-refractivity contribution in [2.24, 2.45) is 5.92 Å². The lowest BCUT2D eigenvalue weighted by Gasteiger charge is -2.31. The van der Waals surface area contributed by atoms with Crippen LogP contribution in [0.5, 0.6) is 0 Å². The van der Waals surface area contributed by atoms with E-state index in [-0.39, 0.29) is 5.15 Å². The molecule has 2 aromatic rings. The van der Waals surface area contributed by atoms with Gasteiger partial charge in [-0.2, -0.15) is 0 Å². The Morgan fingerprint density at radius 2 is 1.81 bits per heavy atom. The van der Waals surface area contributed by atoms with Crippen molar-refractivity contribution in [3.8, 4) is 11.1 Å². The molecule has 0 spiro atoms. The number of halogens is 2. The first-order valence-corrected chi connectivity index (χ1v) is 12.0. The average Bonchev–Trinajstić information content (AvgIpc) is 3.61. The predicted octanol–water partition coefficient (Wildman–Crippen LogP) is 5.11. The van der Waals surface area contributed by atoms with Crippen molar-refractivity contribution in [1.29, 1.82) is 0 Å². The summed E-state index contributed by atoms with van der Waals surface area (Å²) in [5.74, 6) is 0.993. The molecule has 1 atom stereocenters. The van der Waals surface area contributed by atoms with Crippen molar-refractivity contribution in [3.05, 3.63) is 35.5 Å².